The van der Waals surface area contributed by atoms with Gasteiger partial charge in [-0.25, -0.2) is 0 Å². The average Bonchev–Trinajstić information content (AvgIpc) is 3.84. The fraction of sp³-hybridized carbons (Fsp3) is 0.103. The van der Waals surface area contributed by atoms with Gasteiger partial charge in [0.05, 0.1) is 17.2 Å². The van der Waals surface area contributed by atoms with E-state index in [1.54, 1.807) is 6.20 Å². The molecule has 0 bridgehead atoms. The first kappa shape index (κ1) is 24.0. The summed E-state index contributed by atoms with van der Waals surface area (Å²) >= 11 is 0. The summed E-state index contributed by atoms with van der Waals surface area (Å²) in [6, 6.07) is 30.8. The van der Waals surface area contributed by atoms with Crippen molar-refractivity contribution >= 4 is 56.0 Å². The van der Waals surface area contributed by atoms with Crippen molar-refractivity contribution in [3.63, 3.8) is 0 Å². The van der Waals surface area contributed by atoms with Crippen molar-refractivity contribution in [1.82, 2.24) is 19.3 Å². The number of aromatic amines is 1. The molecule has 0 fully saturated rings. The number of hydrogen-bond acceptors (Lipinski definition) is 2. The van der Waals surface area contributed by atoms with Crippen LogP contribution < -0.4 is 0 Å². The third-order valence-electron chi connectivity index (χ3n) is 9.56. The number of aryl methyl sites for hydroxylation is 1. The van der Waals surface area contributed by atoms with Crippen LogP contribution in [0.5, 0.6) is 0 Å². The molecule has 2 aliphatic rings. The largest absolute Gasteiger partial charge is 0.452 e. The molecule has 5 heteroatoms. The van der Waals surface area contributed by atoms with Gasteiger partial charge >= 0.3 is 0 Å². The molecule has 210 valence electrons. The molecule has 0 saturated carbocycles. The van der Waals surface area contributed by atoms with Gasteiger partial charge in [0.1, 0.15) is 11.1 Å². The standard InChI is InChI=1S/C39H28N4O/c1-2-9-25(10-3-1)43-32-15-6-4-11-28(32)29-21-22-34-36(38(29)43)30-12-5-7-16-33(30)42(34)26-19-17-24(18-20-26)27-13-8-14-31-37-35(23-40-41-37)44-39(27)31/h1-4,7-11,13-14,16-23H,5-6,12,15H2,(H,40,41). The number of benzene rings is 4. The maximum Gasteiger partial charge on any atom is 0.173 e. The number of furan rings is 1. The number of hydrogen-bond donors (Lipinski definition) is 1. The molecule has 0 radical (unpaired) electrons. The molecule has 4 aromatic heterocycles. The van der Waals surface area contributed by atoms with E-state index in [9.17, 15) is 0 Å². The molecule has 0 atom stereocenters. The average molecular weight is 569 g/mol. The lowest BCUT2D eigenvalue weighted by atomic mass is 9.98. The van der Waals surface area contributed by atoms with Crippen molar-refractivity contribution in [2.75, 3.05) is 0 Å². The third kappa shape index (κ3) is 3.21. The van der Waals surface area contributed by atoms with Crippen molar-refractivity contribution in [3.05, 3.63) is 126 Å². The number of aromatic nitrogens is 4. The molecule has 2 aliphatic carbocycles. The van der Waals surface area contributed by atoms with Gasteiger partial charge in [-0.2, -0.15) is 5.10 Å². The number of fused-ring (bicyclic) bond motifs is 10. The number of para-hydroxylation sites is 2. The van der Waals surface area contributed by atoms with Gasteiger partial charge < -0.3 is 13.6 Å². The Balaban J connectivity index is 1.21. The van der Waals surface area contributed by atoms with Crippen molar-refractivity contribution in [2.24, 2.45) is 0 Å². The molecule has 0 saturated heterocycles. The van der Waals surface area contributed by atoms with Gasteiger partial charge in [0.25, 0.3) is 0 Å². The Morgan fingerprint density at radius 1 is 0.727 bits per heavy atom. The van der Waals surface area contributed by atoms with Gasteiger partial charge in [-0.15, -0.1) is 0 Å². The highest BCUT2D eigenvalue weighted by atomic mass is 16.3. The summed E-state index contributed by atoms with van der Waals surface area (Å²) in [5.74, 6) is 0. The second kappa shape index (κ2) is 8.98. The first-order valence-electron chi connectivity index (χ1n) is 15.4. The van der Waals surface area contributed by atoms with E-state index in [1.807, 2.05) is 0 Å². The van der Waals surface area contributed by atoms with Gasteiger partial charge in [0, 0.05) is 50.0 Å². The van der Waals surface area contributed by atoms with Crippen molar-refractivity contribution < 1.29 is 4.42 Å². The molecule has 5 nitrogen and oxygen atoms in total. The number of allylic oxidation sites excluding steroid dienone is 2. The summed E-state index contributed by atoms with van der Waals surface area (Å²) < 4.78 is 11.2. The van der Waals surface area contributed by atoms with Crippen LogP contribution in [0.2, 0.25) is 0 Å². The number of nitrogens with zero attached hydrogens (tertiary/aromatic N) is 3. The van der Waals surface area contributed by atoms with Crippen LogP contribution in [0.3, 0.4) is 0 Å². The summed E-state index contributed by atoms with van der Waals surface area (Å²) in [7, 11) is 0. The van der Waals surface area contributed by atoms with Crippen LogP contribution in [-0.2, 0) is 12.8 Å². The van der Waals surface area contributed by atoms with Crippen LogP contribution in [0.15, 0.2) is 108 Å². The fourth-order valence-electron chi connectivity index (χ4n) is 7.68. The highest BCUT2D eigenvalue weighted by Crippen LogP contribution is 2.43. The van der Waals surface area contributed by atoms with E-state index < -0.39 is 0 Å². The third-order valence-corrected chi connectivity index (χ3v) is 9.56. The minimum absolute atomic E-state index is 0.782. The van der Waals surface area contributed by atoms with Crippen LogP contribution in [0.4, 0.5) is 0 Å². The zero-order valence-corrected chi connectivity index (χ0v) is 24.0. The van der Waals surface area contributed by atoms with Crippen LogP contribution in [0.1, 0.15) is 35.4 Å². The van der Waals surface area contributed by atoms with Gasteiger partial charge in [0.2, 0.25) is 0 Å². The molecule has 0 aliphatic heterocycles. The molecular formula is C39H28N4O. The van der Waals surface area contributed by atoms with Crippen molar-refractivity contribution in [2.45, 2.75) is 25.7 Å². The van der Waals surface area contributed by atoms with Crippen LogP contribution in [0.25, 0.3) is 78.5 Å². The summed E-state index contributed by atoms with van der Waals surface area (Å²) in [5, 5.41) is 11.0. The van der Waals surface area contributed by atoms with Gasteiger partial charge in [-0.05, 0) is 79.3 Å². The summed E-state index contributed by atoms with van der Waals surface area (Å²) in [4.78, 5) is 0. The number of H-pyrrole nitrogens is 1. The van der Waals surface area contributed by atoms with Crippen LogP contribution in [-0.4, -0.2) is 19.3 Å². The predicted molar refractivity (Wildman–Crippen MR) is 180 cm³/mol. The topological polar surface area (TPSA) is 51.7 Å². The molecule has 8 aromatic rings. The van der Waals surface area contributed by atoms with Gasteiger partial charge in [-0.3, -0.25) is 5.10 Å². The monoisotopic (exact) mass is 568 g/mol. The van der Waals surface area contributed by atoms with E-state index >= 15 is 0 Å². The first-order chi connectivity index (χ1) is 21.8. The van der Waals surface area contributed by atoms with E-state index in [0.29, 0.717) is 0 Å². The molecule has 44 heavy (non-hydrogen) atoms. The summed E-state index contributed by atoms with van der Waals surface area (Å²) in [6.45, 7) is 0. The Labute approximate surface area is 253 Å². The molecule has 0 amide bonds. The Hall–Kier alpha value is -5.55. The zero-order valence-electron chi connectivity index (χ0n) is 24.0. The number of rotatable bonds is 3. The molecule has 0 spiro atoms. The lowest BCUT2D eigenvalue weighted by Gasteiger charge is -2.14. The first-order valence-corrected chi connectivity index (χ1v) is 15.4. The SMILES string of the molecule is C1=Cc2c(c3c(ccc4c5c(n(-c6ccccc6)c43)CCC=C5)n2-c2ccc(-c3cccc4c3oc3cn[nH]c34)cc2)CC1. The van der Waals surface area contributed by atoms with Gasteiger partial charge in [0.15, 0.2) is 5.58 Å². The Kier molecular flexibility index (Phi) is 4.89. The quantitative estimate of drug-likeness (QED) is 0.231. The van der Waals surface area contributed by atoms with E-state index in [-0.39, 0.29) is 0 Å². The number of nitrogens with one attached hydrogen (secondary N) is 1. The Morgan fingerprint density at radius 2 is 1.57 bits per heavy atom. The molecule has 4 aromatic carbocycles. The van der Waals surface area contributed by atoms with Crippen LogP contribution in [0, 0.1) is 0 Å². The second-order valence-corrected chi connectivity index (χ2v) is 11.9. The lowest BCUT2D eigenvalue weighted by molar-refractivity contribution is 0.669. The Bertz CT molecular complexity index is 2480. The minimum atomic E-state index is 0.782. The van der Waals surface area contributed by atoms with E-state index in [1.165, 1.54) is 50.0 Å². The van der Waals surface area contributed by atoms with Crippen molar-refractivity contribution in [1.29, 1.82) is 0 Å². The van der Waals surface area contributed by atoms with E-state index in [4.69, 9.17) is 4.42 Å². The summed E-state index contributed by atoms with van der Waals surface area (Å²) in [5.41, 5.74) is 15.3. The molecule has 10 rings (SSSR count). The maximum atomic E-state index is 6.22. The zero-order chi connectivity index (χ0) is 28.8. The molecule has 0 unspecified atom stereocenters. The van der Waals surface area contributed by atoms with E-state index in [2.05, 4.69) is 129 Å². The Morgan fingerprint density at radius 3 is 2.48 bits per heavy atom. The normalized spacial score (nSPS) is 14.3. The predicted octanol–water partition coefficient (Wildman–Crippen LogP) is 9.78. The van der Waals surface area contributed by atoms with Crippen molar-refractivity contribution in [3.8, 4) is 22.5 Å². The van der Waals surface area contributed by atoms with Crippen LogP contribution >= 0.6 is 0 Å². The molecule has 4 heterocycles. The smallest absolute Gasteiger partial charge is 0.173 e. The van der Waals surface area contributed by atoms with Gasteiger partial charge in [-0.1, -0.05) is 66.8 Å². The minimum Gasteiger partial charge on any atom is -0.452 e. The highest BCUT2D eigenvalue weighted by Gasteiger charge is 2.26. The second-order valence-electron chi connectivity index (χ2n) is 11.9. The summed E-state index contributed by atoms with van der Waals surface area (Å²) in [6.07, 6.45) is 15.3. The lowest BCUT2D eigenvalue weighted by Crippen LogP contribution is -2.03. The fourth-order valence-corrected chi connectivity index (χ4v) is 7.68. The molecular weight excluding hydrogens is 540 g/mol. The maximum absolute atomic E-state index is 6.22. The highest BCUT2D eigenvalue weighted by molar-refractivity contribution is 6.13. The molecule has 1 N–H and O–H groups in total. The van der Waals surface area contributed by atoms with E-state index in [0.717, 1.165) is 64.6 Å².